The number of esters is 1. The van der Waals surface area contributed by atoms with Crippen LogP contribution < -0.4 is 5.32 Å². The first kappa shape index (κ1) is 65.3. The Morgan fingerprint density at radius 3 is 1.07 bits per heavy atom. The molecule has 0 heterocycles. The van der Waals surface area contributed by atoms with E-state index in [0.717, 1.165) is 51.4 Å². The zero-order valence-electron chi connectivity index (χ0n) is 45.1. The number of hydrogen-bond donors (Lipinski definition) is 3. The largest absolute Gasteiger partial charge is 0.466 e. The first-order chi connectivity index (χ1) is 33.0. The van der Waals surface area contributed by atoms with Crippen LogP contribution >= 0.6 is 0 Å². The van der Waals surface area contributed by atoms with Crippen molar-refractivity contribution in [1.82, 2.24) is 5.32 Å². The van der Waals surface area contributed by atoms with E-state index in [4.69, 9.17) is 4.74 Å². The highest BCUT2D eigenvalue weighted by Gasteiger charge is 2.18. The molecule has 2 unspecified atom stereocenters. The molecule has 0 aromatic rings. The number of allylic oxidation sites excluding steroid dienone is 3. The maximum absolute atomic E-state index is 12.5. The standard InChI is InChI=1S/C61H117NO5/c1-3-5-7-9-11-13-15-17-18-19-20-21-22-23-24-26-30-33-37-41-45-49-53-59(64)58(57-63)62-60(65)54-50-46-42-38-34-31-27-25-28-32-36-40-44-48-52-56-67-61(66)55-51-47-43-39-35-29-16-14-12-10-8-6-4-2/h14,16,49,53,58-59,63-64H,3-13,15,17-48,50-52,54-57H2,1-2H3,(H,62,65)/b16-14-,53-49+. The molecule has 0 radical (unpaired) electrons. The molecule has 67 heavy (non-hydrogen) atoms. The topological polar surface area (TPSA) is 95.9 Å². The minimum absolute atomic E-state index is 0.00917. The Morgan fingerprint density at radius 2 is 0.701 bits per heavy atom. The molecule has 0 bridgehead atoms. The van der Waals surface area contributed by atoms with Crippen LogP contribution in [-0.2, 0) is 14.3 Å². The van der Waals surface area contributed by atoms with Gasteiger partial charge < -0.3 is 20.3 Å². The van der Waals surface area contributed by atoms with E-state index in [2.05, 4.69) is 31.3 Å². The molecule has 0 saturated carbocycles. The van der Waals surface area contributed by atoms with Crippen LogP contribution in [-0.4, -0.2) is 47.4 Å². The van der Waals surface area contributed by atoms with Gasteiger partial charge in [0.2, 0.25) is 5.91 Å². The van der Waals surface area contributed by atoms with E-state index in [0.29, 0.717) is 19.4 Å². The van der Waals surface area contributed by atoms with Gasteiger partial charge in [-0.1, -0.05) is 282 Å². The molecule has 396 valence electrons. The van der Waals surface area contributed by atoms with Crippen molar-refractivity contribution in [3.8, 4) is 0 Å². The average Bonchev–Trinajstić information content (AvgIpc) is 3.33. The number of carbonyl (C=O) groups excluding carboxylic acids is 2. The summed E-state index contributed by atoms with van der Waals surface area (Å²) in [6.45, 7) is 4.89. The Labute approximate surface area is 418 Å². The number of nitrogens with one attached hydrogen (secondary N) is 1. The van der Waals surface area contributed by atoms with Crippen LogP contribution in [0, 0.1) is 0 Å². The molecule has 1 amide bonds. The third-order valence-corrected chi connectivity index (χ3v) is 14.0. The van der Waals surface area contributed by atoms with Crippen LogP contribution in [0.4, 0.5) is 0 Å². The molecule has 0 spiro atoms. The lowest BCUT2D eigenvalue weighted by Crippen LogP contribution is -2.45. The molecule has 0 aliphatic heterocycles. The molecule has 0 aliphatic carbocycles. The smallest absolute Gasteiger partial charge is 0.305 e. The summed E-state index contributed by atoms with van der Waals surface area (Å²) in [7, 11) is 0. The van der Waals surface area contributed by atoms with Gasteiger partial charge >= 0.3 is 5.97 Å². The van der Waals surface area contributed by atoms with Gasteiger partial charge in [0, 0.05) is 12.8 Å². The monoisotopic (exact) mass is 944 g/mol. The van der Waals surface area contributed by atoms with Crippen molar-refractivity contribution >= 4 is 11.9 Å². The second-order valence-electron chi connectivity index (χ2n) is 20.7. The van der Waals surface area contributed by atoms with Crippen LogP contribution in [0.25, 0.3) is 0 Å². The van der Waals surface area contributed by atoms with Gasteiger partial charge in [0.05, 0.1) is 25.4 Å². The van der Waals surface area contributed by atoms with Gasteiger partial charge in [-0.3, -0.25) is 9.59 Å². The van der Waals surface area contributed by atoms with E-state index in [9.17, 15) is 19.8 Å². The summed E-state index contributed by atoms with van der Waals surface area (Å²) in [5.74, 6) is -0.0829. The Morgan fingerprint density at radius 1 is 0.403 bits per heavy atom. The molecular formula is C61H117NO5. The number of aliphatic hydroxyl groups is 2. The number of rotatable bonds is 56. The van der Waals surface area contributed by atoms with E-state index in [1.54, 1.807) is 6.08 Å². The Kier molecular flexibility index (Phi) is 55.5. The molecule has 2 atom stereocenters. The van der Waals surface area contributed by atoms with E-state index < -0.39 is 12.1 Å². The number of carbonyl (C=O) groups is 2. The van der Waals surface area contributed by atoms with Crippen molar-refractivity contribution < 1.29 is 24.5 Å². The normalized spacial score (nSPS) is 12.7. The molecule has 6 nitrogen and oxygen atoms in total. The van der Waals surface area contributed by atoms with Gasteiger partial charge in [-0.2, -0.15) is 0 Å². The molecular weight excluding hydrogens is 827 g/mol. The Bertz CT molecular complexity index is 1040. The summed E-state index contributed by atoms with van der Waals surface area (Å²) in [5.41, 5.74) is 0. The van der Waals surface area contributed by atoms with E-state index in [-0.39, 0.29) is 18.5 Å². The van der Waals surface area contributed by atoms with E-state index in [1.165, 1.54) is 250 Å². The SMILES string of the molecule is CCCCCC/C=C\CCCCCCCC(=O)OCCCCCCCCCCCCCCCCCC(=O)NC(CO)C(O)/C=C/CCCCCCCCCCCCCCCCCCCCCC. The van der Waals surface area contributed by atoms with Crippen molar-refractivity contribution in [1.29, 1.82) is 0 Å². The fourth-order valence-electron chi connectivity index (χ4n) is 9.34. The molecule has 0 fully saturated rings. The first-order valence-corrected chi connectivity index (χ1v) is 30.1. The highest BCUT2D eigenvalue weighted by atomic mass is 16.5. The molecule has 6 heteroatoms. The zero-order valence-corrected chi connectivity index (χ0v) is 45.1. The van der Waals surface area contributed by atoms with Gasteiger partial charge in [-0.15, -0.1) is 0 Å². The van der Waals surface area contributed by atoms with Gasteiger partial charge in [0.15, 0.2) is 0 Å². The number of unbranched alkanes of at least 4 members (excludes halogenated alkanes) is 43. The van der Waals surface area contributed by atoms with Crippen molar-refractivity contribution in [2.75, 3.05) is 13.2 Å². The maximum Gasteiger partial charge on any atom is 0.305 e. The quantitative estimate of drug-likeness (QED) is 0.0321. The summed E-state index contributed by atoms with van der Waals surface area (Å²) < 4.78 is 5.46. The van der Waals surface area contributed by atoms with Crippen molar-refractivity contribution in [3.63, 3.8) is 0 Å². The van der Waals surface area contributed by atoms with Gasteiger partial charge in [0.25, 0.3) is 0 Å². The third kappa shape index (κ3) is 53.5. The fraction of sp³-hybridized carbons (Fsp3) is 0.902. The minimum atomic E-state index is -0.851. The van der Waals surface area contributed by atoms with E-state index >= 15 is 0 Å². The average molecular weight is 945 g/mol. The zero-order chi connectivity index (χ0) is 48.6. The van der Waals surface area contributed by atoms with Crippen molar-refractivity contribution in [3.05, 3.63) is 24.3 Å². The van der Waals surface area contributed by atoms with Crippen LogP contribution in [0.5, 0.6) is 0 Å². The molecule has 0 aromatic heterocycles. The summed E-state index contributed by atoms with van der Waals surface area (Å²) in [6.07, 6.45) is 69.2. The minimum Gasteiger partial charge on any atom is -0.466 e. The third-order valence-electron chi connectivity index (χ3n) is 14.0. The first-order valence-electron chi connectivity index (χ1n) is 30.1. The van der Waals surface area contributed by atoms with Crippen LogP contribution in [0.2, 0.25) is 0 Å². The summed E-state index contributed by atoms with van der Waals surface area (Å²) >= 11 is 0. The predicted molar refractivity (Wildman–Crippen MR) is 292 cm³/mol. The second-order valence-corrected chi connectivity index (χ2v) is 20.7. The Balaban J connectivity index is 3.47. The van der Waals surface area contributed by atoms with Crippen LogP contribution in [0.15, 0.2) is 24.3 Å². The highest BCUT2D eigenvalue weighted by molar-refractivity contribution is 5.76. The number of amides is 1. The summed E-state index contributed by atoms with van der Waals surface area (Å²) in [5, 5.41) is 23.2. The number of ether oxygens (including phenoxy) is 1. The van der Waals surface area contributed by atoms with Crippen LogP contribution in [0.1, 0.15) is 328 Å². The molecule has 0 aliphatic rings. The van der Waals surface area contributed by atoms with Gasteiger partial charge in [-0.05, 0) is 57.8 Å². The summed E-state index contributed by atoms with van der Waals surface area (Å²) in [4.78, 5) is 24.5. The van der Waals surface area contributed by atoms with Crippen molar-refractivity contribution in [2.24, 2.45) is 0 Å². The second kappa shape index (κ2) is 56.9. The van der Waals surface area contributed by atoms with Gasteiger partial charge in [-0.25, -0.2) is 0 Å². The number of hydrogen-bond acceptors (Lipinski definition) is 5. The van der Waals surface area contributed by atoms with E-state index in [1.807, 2.05) is 6.08 Å². The van der Waals surface area contributed by atoms with Crippen LogP contribution in [0.3, 0.4) is 0 Å². The lowest BCUT2D eigenvalue weighted by atomic mass is 10.0. The summed E-state index contributed by atoms with van der Waals surface area (Å²) in [6, 6.07) is -0.635. The number of aliphatic hydroxyl groups excluding tert-OH is 2. The molecule has 0 aromatic carbocycles. The molecule has 0 saturated heterocycles. The molecule has 0 rings (SSSR count). The Hall–Kier alpha value is -1.66. The highest BCUT2D eigenvalue weighted by Crippen LogP contribution is 2.17. The lowest BCUT2D eigenvalue weighted by Gasteiger charge is -2.20. The maximum atomic E-state index is 12.5. The predicted octanol–water partition coefficient (Wildman–Crippen LogP) is 18.6. The van der Waals surface area contributed by atoms with Gasteiger partial charge in [0.1, 0.15) is 0 Å². The fourth-order valence-corrected chi connectivity index (χ4v) is 9.34. The van der Waals surface area contributed by atoms with Crippen molar-refractivity contribution in [2.45, 2.75) is 341 Å². The lowest BCUT2D eigenvalue weighted by molar-refractivity contribution is -0.143. The molecule has 3 N–H and O–H groups in total.